The highest BCUT2D eigenvalue weighted by Crippen LogP contribution is 2.09. The third-order valence-electron chi connectivity index (χ3n) is 3.42. The zero-order chi connectivity index (χ0) is 12.8. The van der Waals surface area contributed by atoms with E-state index in [1.165, 1.54) is 25.9 Å². The minimum Gasteiger partial charge on any atom is -0.343 e. The molecule has 5 heteroatoms. The number of likely N-dealkylation sites (N-methyl/N-ethyl adjacent to an activating group) is 1. The van der Waals surface area contributed by atoms with Crippen LogP contribution < -0.4 is 10.6 Å². The van der Waals surface area contributed by atoms with E-state index in [0.717, 1.165) is 31.0 Å². The van der Waals surface area contributed by atoms with Gasteiger partial charge in [0.15, 0.2) is 0 Å². The van der Waals surface area contributed by atoms with Crippen LogP contribution in [0.25, 0.3) is 0 Å². The van der Waals surface area contributed by atoms with Crippen LogP contribution in [-0.2, 0) is 6.42 Å². The summed E-state index contributed by atoms with van der Waals surface area (Å²) in [6.45, 7) is 5.21. The maximum Gasteiger partial charge on any atom is 0.225 e. The van der Waals surface area contributed by atoms with Crippen LogP contribution in [0.4, 0.5) is 5.95 Å². The molecule has 0 saturated carbocycles. The maximum atomic E-state index is 5.50. The average Bonchev–Trinajstić information content (AvgIpc) is 2.90. The van der Waals surface area contributed by atoms with Gasteiger partial charge in [0, 0.05) is 32.5 Å². The van der Waals surface area contributed by atoms with Gasteiger partial charge in [-0.15, -0.1) is 0 Å². The van der Waals surface area contributed by atoms with Crippen molar-refractivity contribution in [3.8, 4) is 0 Å². The minimum absolute atomic E-state index is 0.646. The number of hydrogen-bond donors (Lipinski definition) is 1. The summed E-state index contributed by atoms with van der Waals surface area (Å²) in [4.78, 5) is 13.4. The van der Waals surface area contributed by atoms with Crippen LogP contribution in [0.15, 0.2) is 12.4 Å². The van der Waals surface area contributed by atoms with Gasteiger partial charge in [0.1, 0.15) is 0 Å². The molecule has 2 N–H and O–H groups in total. The summed E-state index contributed by atoms with van der Waals surface area (Å²) < 4.78 is 0. The molecule has 1 aliphatic heterocycles. The van der Waals surface area contributed by atoms with E-state index in [4.69, 9.17) is 5.73 Å². The normalized spacial score (nSPS) is 16.1. The second-order valence-corrected chi connectivity index (χ2v) is 4.90. The summed E-state index contributed by atoms with van der Waals surface area (Å²) in [5, 5.41) is 0. The van der Waals surface area contributed by atoms with E-state index in [2.05, 4.69) is 19.8 Å². The van der Waals surface area contributed by atoms with Gasteiger partial charge in [-0.1, -0.05) is 0 Å². The van der Waals surface area contributed by atoms with Crippen LogP contribution in [0, 0.1) is 0 Å². The topological polar surface area (TPSA) is 58.3 Å². The SMILES string of the molecule is CN(CCN1CCCC1)c1ncc(CCN)cn1. The molecule has 0 unspecified atom stereocenters. The quantitative estimate of drug-likeness (QED) is 0.796. The Hall–Kier alpha value is -1.20. The number of anilines is 1. The molecule has 0 atom stereocenters. The number of rotatable bonds is 6. The number of nitrogens with zero attached hydrogens (tertiary/aromatic N) is 4. The lowest BCUT2D eigenvalue weighted by molar-refractivity contribution is 0.346. The van der Waals surface area contributed by atoms with Crippen molar-refractivity contribution in [2.45, 2.75) is 19.3 Å². The summed E-state index contributed by atoms with van der Waals surface area (Å²) in [7, 11) is 2.05. The van der Waals surface area contributed by atoms with Gasteiger partial charge in [-0.25, -0.2) is 9.97 Å². The van der Waals surface area contributed by atoms with Crippen LogP contribution in [0.3, 0.4) is 0 Å². The third-order valence-corrected chi connectivity index (χ3v) is 3.42. The van der Waals surface area contributed by atoms with Crippen molar-refractivity contribution in [2.75, 3.05) is 44.7 Å². The summed E-state index contributed by atoms with van der Waals surface area (Å²) in [5.41, 5.74) is 6.61. The fourth-order valence-corrected chi connectivity index (χ4v) is 2.24. The number of likely N-dealkylation sites (tertiary alicyclic amines) is 1. The first-order valence-corrected chi connectivity index (χ1v) is 6.74. The Morgan fingerprint density at radius 1 is 1.28 bits per heavy atom. The lowest BCUT2D eigenvalue weighted by Gasteiger charge is -2.21. The summed E-state index contributed by atoms with van der Waals surface area (Å²) >= 11 is 0. The van der Waals surface area contributed by atoms with Gasteiger partial charge in [-0.2, -0.15) is 0 Å². The van der Waals surface area contributed by atoms with Gasteiger partial charge in [0.05, 0.1) is 0 Å². The van der Waals surface area contributed by atoms with Crippen molar-refractivity contribution in [1.82, 2.24) is 14.9 Å². The fraction of sp³-hybridized carbons (Fsp3) is 0.692. The van der Waals surface area contributed by atoms with Crippen LogP contribution in [0.5, 0.6) is 0 Å². The average molecular weight is 249 g/mol. The van der Waals surface area contributed by atoms with E-state index in [1.54, 1.807) is 0 Å². The molecule has 1 saturated heterocycles. The van der Waals surface area contributed by atoms with Gasteiger partial charge in [-0.3, -0.25) is 0 Å². The van der Waals surface area contributed by atoms with Crippen LogP contribution >= 0.6 is 0 Å². The Bertz CT molecular complexity index is 345. The molecule has 0 aliphatic carbocycles. The molecule has 0 amide bonds. The smallest absolute Gasteiger partial charge is 0.225 e. The largest absolute Gasteiger partial charge is 0.343 e. The van der Waals surface area contributed by atoms with Crippen LogP contribution in [0.2, 0.25) is 0 Å². The zero-order valence-electron chi connectivity index (χ0n) is 11.2. The monoisotopic (exact) mass is 249 g/mol. The molecule has 100 valence electrons. The summed E-state index contributed by atoms with van der Waals surface area (Å²) in [5.74, 6) is 0.801. The predicted octanol–water partition coefficient (Wildman–Crippen LogP) is 0.510. The van der Waals surface area contributed by atoms with E-state index in [-0.39, 0.29) is 0 Å². The lowest BCUT2D eigenvalue weighted by atomic mass is 10.2. The van der Waals surface area contributed by atoms with E-state index >= 15 is 0 Å². The third kappa shape index (κ3) is 3.65. The molecule has 2 heterocycles. The molecular formula is C13H23N5. The highest BCUT2D eigenvalue weighted by Gasteiger charge is 2.12. The molecule has 0 bridgehead atoms. The van der Waals surface area contributed by atoms with Gasteiger partial charge in [-0.05, 0) is 44.5 Å². The molecule has 0 spiro atoms. The standard InChI is InChI=1S/C13H23N5/c1-17(8-9-18-6-2-3-7-18)13-15-10-12(4-5-14)11-16-13/h10-11H,2-9,14H2,1H3. The second kappa shape index (κ2) is 6.66. The lowest BCUT2D eigenvalue weighted by Crippen LogP contribution is -2.32. The Labute approximate surface area is 109 Å². The number of nitrogens with two attached hydrogens (primary N) is 1. The number of hydrogen-bond acceptors (Lipinski definition) is 5. The zero-order valence-corrected chi connectivity index (χ0v) is 11.2. The molecule has 1 fully saturated rings. The fourth-order valence-electron chi connectivity index (χ4n) is 2.24. The molecule has 1 aliphatic rings. The summed E-state index contributed by atoms with van der Waals surface area (Å²) in [6.07, 6.45) is 7.28. The first-order chi connectivity index (χ1) is 8.79. The van der Waals surface area contributed by atoms with Gasteiger partial charge < -0.3 is 15.5 Å². The van der Waals surface area contributed by atoms with Crippen molar-refractivity contribution in [3.05, 3.63) is 18.0 Å². The van der Waals surface area contributed by atoms with E-state index in [0.29, 0.717) is 6.54 Å². The molecule has 0 aromatic carbocycles. The first-order valence-electron chi connectivity index (χ1n) is 6.74. The maximum absolute atomic E-state index is 5.50. The van der Waals surface area contributed by atoms with Gasteiger partial charge in [0.2, 0.25) is 5.95 Å². The Morgan fingerprint density at radius 3 is 2.56 bits per heavy atom. The Kier molecular flexibility index (Phi) is 4.90. The molecule has 1 aromatic heterocycles. The van der Waals surface area contributed by atoms with Crippen molar-refractivity contribution >= 4 is 5.95 Å². The van der Waals surface area contributed by atoms with Crippen LogP contribution in [-0.4, -0.2) is 54.6 Å². The van der Waals surface area contributed by atoms with Crippen molar-refractivity contribution in [2.24, 2.45) is 5.73 Å². The molecular weight excluding hydrogens is 226 g/mol. The summed E-state index contributed by atoms with van der Waals surface area (Å²) in [6, 6.07) is 0. The molecule has 0 radical (unpaired) electrons. The highest BCUT2D eigenvalue weighted by atomic mass is 15.3. The minimum atomic E-state index is 0.646. The van der Waals surface area contributed by atoms with Gasteiger partial charge in [0.25, 0.3) is 0 Å². The van der Waals surface area contributed by atoms with Crippen molar-refractivity contribution in [1.29, 1.82) is 0 Å². The second-order valence-electron chi connectivity index (χ2n) is 4.90. The molecule has 2 rings (SSSR count). The van der Waals surface area contributed by atoms with E-state index < -0.39 is 0 Å². The Balaban J connectivity index is 1.81. The Morgan fingerprint density at radius 2 is 1.94 bits per heavy atom. The highest BCUT2D eigenvalue weighted by molar-refractivity contribution is 5.28. The molecule has 5 nitrogen and oxygen atoms in total. The van der Waals surface area contributed by atoms with E-state index in [1.807, 2.05) is 19.4 Å². The van der Waals surface area contributed by atoms with E-state index in [9.17, 15) is 0 Å². The van der Waals surface area contributed by atoms with Crippen molar-refractivity contribution < 1.29 is 0 Å². The van der Waals surface area contributed by atoms with Crippen molar-refractivity contribution in [3.63, 3.8) is 0 Å². The van der Waals surface area contributed by atoms with Crippen LogP contribution in [0.1, 0.15) is 18.4 Å². The molecule has 18 heavy (non-hydrogen) atoms. The predicted molar refractivity (Wildman–Crippen MR) is 73.7 cm³/mol. The van der Waals surface area contributed by atoms with Gasteiger partial charge >= 0.3 is 0 Å². The first kappa shape index (κ1) is 13.2. The number of aromatic nitrogens is 2. The molecule has 1 aromatic rings.